The van der Waals surface area contributed by atoms with Crippen LogP contribution in [0.15, 0.2) is 48.5 Å². The van der Waals surface area contributed by atoms with Crippen LogP contribution in [0.3, 0.4) is 0 Å². The Balaban J connectivity index is 1.25. The van der Waals surface area contributed by atoms with Gasteiger partial charge in [0.2, 0.25) is 11.8 Å². The lowest BCUT2D eigenvalue weighted by Crippen LogP contribution is -2.57. The average Bonchev–Trinajstić information content (AvgIpc) is 3.23. The van der Waals surface area contributed by atoms with E-state index >= 15 is 0 Å². The highest BCUT2D eigenvalue weighted by molar-refractivity contribution is 5.97. The number of carbonyl (C=O) groups is 4. The third-order valence-electron chi connectivity index (χ3n) is 8.63. The Bertz CT molecular complexity index is 1290. The third-order valence-corrected chi connectivity index (χ3v) is 8.63. The van der Waals surface area contributed by atoms with Crippen molar-refractivity contribution in [3.8, 4) is 0 Å². The Morgan fingerprint density at radius 2 is 1.71 bits per heavy atom. The lowest BCUT2D eigenvalue weighted by Gasteiger charge is -2.43. The van der Waals surface area contributed by atoms with Crippen molar-refractivity contribution in [2.45, 2.75) is 62.9 Å². The number of rotatable bonds is 8. The van der Waals surface area contributed by atoms with Gasteiger partial charge >= 0.3 is 0 Å². The van der Waals surface area contributed by atoms with Crippen molar-refractivity contribution in [3.63, 3.8) is 0 Å². The SMILES string of the molecule is NC(=O)c1c(F)cccc1C[CH]C(=O)N1CCC2(CC1)C(=O)N(CC(=O)NC1CCCCC1)CN2c1ccccc1. The maximum atomic E-state index is 14.1. The molecule has 0 unspecified atom stereocenters. The van der Waals surface area contributed by atoms with E-state index in [9.17, 15) is 23.6 Å². The lowest BCUT2D eigenvalue weighted by molar-refractivity contribution is -0.139. The highest BCUT2D eigenvalue weighted by atomic mass is 19.1. The molecule has 2 heterocycles. The molecule has 217 valence electrons. The summed E-state index contributed by atoms with van der Waals surface area (Å²) in [5, 5.41) is 3.12. The summed E-state index contributed by atoms with van der Waals surface area (Å²) in [7, 11) is 0. The maximum absolute atomic E-state index is 14.1. The molecule has 2 aromatic carbocycles. The molecule has 3 N–H and O–H groups in total. The first-order chi connectivity index (χ1) is 19.8. The molecule has 4 amide bonds. The van der Waals surface area contributed by atoms with Crippen LogP contribution in [0, 0.1) is 12.2 Å². The number of amides is 4. The van der Waals surface area contributed by atoms with E-state index in [1.54, 1.807) is 15.9 Å². The summed E-state index contributed by atoms with van der Waals surface area (Å²) in [6.45, 7) is 1.000. The van der Waals surface area contributed by atoms with Gasteiger partial charge in [-0.1, -0.05) is 49.6 Å². The van der Waals surface area contributed by atoms with Crippen molar-refractivity contribution in [1.82, 2.24) is 15.1 Å². The number of halogens is 1. The van der Waals surface area contributed by atoms with E-state index in [1.807, 2.05) is 30.3 Å². The van der Waals surface area contributed by atoms with E-state index < -0.39 is 17.3 Å². The number of likely N-dealkylation sites (tertiary alicyclic amines) is 1. The van der Waals surface area contributed by atoms with Crippen LogP contribution in [0.4, 0.5) is 10.1 Å². The van der Waals surface area contributed by atoms with Crippen molar-refractivity contribution in [2.24, 2.45) is 5.73 Å². The number of anilines is 1. The molecule has 1 saturated carbocycles. The molecule has 0 atom stereocenters. The minimum Gasteiger partial charge on any atom is -0.365 e. The van der Waals surface area contributed by atoms with E-state index in [4.69, 9.17) is 5.73 Å². The maximum Gasteiger partial charge on any atom is 0.251 e. The van der Waals surface area contributed by atoms with Gasteiger partial charge in [0.05, 0.1) is 18.7 Å². The quantitative estimate of drug-likeness (QED) is 0.514. The molecule has 0 aromatic heterocycles. The Hall–Kier alpha value is -3.95. The summed E-state index contributed by atoms with van der Waals surface area (Å²) in [5.74, 6) is -2.07. The number of nitrogens with two attached hydrogens (primary N) is 1. The average molecular weight is 563 g/mol. The summed E-state index contributed by atoms with van der Waals surface area (Å²) in [6, 6.07) is 14.1. The number of primary amides is 1. The van der Waals surface area contributed by atoms with Gasteiger partial charge in [0.1, 0.15) is 17.9 Å². The molecule has 2 saturated heterocycles. The first kappa shape index (κ1) is 28.6. The minimum atomic E-state index is -0.878. The van der Waals surface area contributed by atoms with Gasteiger partial charge in [-0.2, -0.15) is 0 Å². The van der Waals surface area contributed by atoms with Crippen LogP contribution in [0.25, 0.3) is 0 Å². The molecular formula is C31H37FN5O4. The fourth-order valence-electron chi connectivity index (χ4n) is 6.45. The van der Waals surface area contributed by atoms with E-state index in [0.717, 1.165) is 37.4 Å². The zero-order valence-electron chi connectivity index (χ0n) is 23.2. The zero-order valence-corrected chi connectivity index (χ0v) is 23.2. The molecule has 3 aliphatic rings. The minimum absolute atomic E-state index is 0.00662. The number of hydrogen-bond acceptors (Lipinski definition) is 5. The van der Waals surface area contributed by atoms with Crippen molar-refractivity contribution < 1.29 is 23.6 Å². The second kappa shape index (κ2) is 12.3. The molecule has 1 aliphatic carbocycles. The monoisotopic (exact) mass is 562 g/mol. The van der Waals surface area contributed by atoms with E-state index in [-0.39, 0.29) is 42.3 Å². The predicted octanol–water partition coefficient (Wildman–Crippen LogP) is 2.79. The highest BCUT2D eigenvalue weighted by Gasteiger charge is 2.54. The first-order valence-corrected chi connectivity index (χ1v) is 14.4. The second-order valence-corrected chi connectivity index (χ2v) is 11.2. The Kier molecular flexibility index (Phi) is 8.56. The fraction of sp³-hybridized carbons (Fsp3) is 0.452. The van der Waals surface area contributed by atoms with Gasteiger partial charge in [-0.25, -0.2) is 4.39 Å². The summed E-state index contributed by atoms with van der Waals surface area (Å²) in [4.78, 5) is 57.0. The van der Waals surface area contributed by atoms with Crippen LogP contribution in [0.2, 0.25) is 0 Å². The molecule has 1 spiro atoms. The molecule has 3 fully saturated rings. The van der Waals surface area contributed by atoms with Crippen LogP contribution in [0.5, 0.6) is 0 Å². The highest BCUT2D eigenvalue weighted by Crippen LogP contribution is 2.39. The van der Waals surface area contributed by atoms with Crippen LogP contribution in [-0.4, -0.2) is 71.3 Å². The van der Waals surface area contributed by atoms with Gasteiger partial charge in [-0.05, 0) is 55.9 Å². The van der Waals surface area contributed by atoms with E-state index in [0.29, 0.717) is 38.2 Å². The van der Waals surface area contributed by atoms with Crippen molar-refractivity contribution >= 4 is 29.3 Å². The number of hydrogen-bond donors (Lipinski definition) is 2. The predicted molar refractivity (Wildman–Crippen MR) is 152 cm³/mol. The second-order valence-electron chi connectivity index (χ2n) is 11.2. The number of piperidine rings is 1. The van der Waals surface area contributed by atoms with Crippen molar-refractivity contribution in [1.29, 1.82) is 0 Å². The van der Waals surface area contributed by atoms with Gasteiger partial charge in [-0.3, -0.25) is 19.2 Å². The number of nitrogens with zero attached hydrogens (tertiary/aromatic N) is 3. The number of para-hydroxylation sites is 1. The Morgan fingerprint density at radius 3 is 2.39 bits per heavy atom. The van der Waals surface area contributed by atoms with Gasteiger partial charge in [-0.15, -0.1) is 0 Å². The number of nitrogens with one attached hydrogen (secondary N) is 1. The van der Waals surface area contributed by atoms with Crippen LogP contribution < -0.4 is 16.0 Å². The Morgan fingerprint density at radius 1 is 1.00 bits per heavy atom. The molecule has 0 bridgehead atoms. The van der Waals surface area contributed by atoms with Gasteiger partial charge in [0, 0.05) is 24.8 Å². The standard InChI is InChI=1S/C31H37FN5O4/c32-25-13-7-8-22(28(25)29(33)40)14-15-27(39)35-18-16-31(17-19-35)30(41)36(21-37(31)24-11-5-2-6-12-24)20-26(38)34-23-9-3-1-4-10-23/h2,5-8,11-13,15,23H,1,3-4,9-10,14,16-21H2,(H2,33,40)(H,34,38). The van der Waals surface area contributed by atoms with Crippen LogP contribution in [-0.2, 0) is 20.8 Å². The summed E-state index contributed by atoms with van der Waals surface area (Å²) < 4.78 is 14.1. The van der Waals surface area contributed by atoms with Crippen molar-refractivity contribution in [2.75, 3.05) is 31.2 Å². The van der Waals surface area contributed by atoms with E-state index in [2.05, 4.69) is 10.2 Å². The molecular weight excluding hydrogens is 525 g/mol. The summed E-state index contributed by atoms with van der Waals surface area (Å²) >= 11 is 0. The molecule has 2 aromatic rings. The molecule has 41 heavy (non-hydrogen) atoms. The molecule has 2 aliphatic heterocycles. The van der Waals surface area contributed by atoms with Crippen LogP contribution in [0.1, 0.15) is 60.9 Å². The number of benzene rings is 2. The molecule has 9 nitrogen and oxygen atoms in total. The normalized spacial score (nSPS) is 19.0. The molecule has 1 radical (unpaired) electrons. The van der Waals surface area contributed by atoms with E-state index in [1.165, 1.54) is 18.9 Å². The smallest absolute Gasteiger partial charge is 0.251 e. The summed E-state index contributed by atoms with van der Waals surface area (Å²) in [5.41, 5.74) is 5.52. The first-order valence-electron chi connectivity index (χ1n) is 14.4. The number of carbonyl (C=O) groups excluding carboxylic acids is 4. The van der Waals surface area contributed by atoms with Crippen molar-refractivity contribution in [3.05, 3.63) is 71.9 Å². The zero-order chi connectivity index (χ0) is 29.0. The lowest BCUT2D eigenvalue weighted by atomic mass is 9.85. The molecule has 5 rings (SSSR count). The van der Waals surface area contributed by atoms with Gasteiger partial charge in [0.25, 0.3) is 11.8 Å². The summed E-state index contributed by atoms with van der Waals surface area (Å²) in [6.07, 6.45) is 7.68. The van der Waals surface area contributed by atoms with Crippen LogP contribution >= 0.6 is 0 Å². The topological polar surface area (TPSA) is 116 Å². The fourth-order valence-corrected chi connectivity index (χ4v) is 6.45. The largest absolute Gasteiger partial charge is 0.365 e. The van der Waals surface area contributed by atoms with Gasteiger partial charge in [0.15, 0.2) is 0 Å². The van der Waals surface area contributed by atoms with Gasteiger partial charge < -0.3 is 25.8 Å². The Labute approximate surface area is 239 Å². The molecule has 10 heteroatoms. The third kappa shape index (κ3) is 6.06.